The first kappa shape index (κ1) is 11.2. The number of carboxylic acids is 1. The lowest BCUT2D eigenvalue weighted by atomic mass is 10.0. The first-order chi connectivity index (χ1) is 7.06. The van der Waals surface area contributed by atoms with Gasteiger partial charge in [0.2, 0.25) is 0 Å². The van der Waals surface area contributed by atoms with Crippen molar-refractivity contribution < 1.29 is 9.90 Å². The molecule has 0 saturated carbocycles. The first-order valence-electron chi connectivity index (χ1n) is 4.73. The smallest absolute Gasteiger partial charge is 0.335 e. The minimum absolute atomic E-state index is 0.207. The van der Waals surface area contributed by atoms with Gasteiger partial charge < -0.3 is 15.8 Å². The second-order valence-corrected chi connectivity index (χ2v) is 3.22. The number of benzene rings is 1. The SMILES string of the molecule is CCNc1ccc(C(=O)O)cc1C(C)=N. The molecule has 0 radical (unpaired) electrons. The van der Waals surface area contributed by atoms with E-state index in [0.29, 0.717) is 11.3 Å². The molecule has 0 aliphatic rings. The zero-order valence-electron chi connectivity index (χ0n) is 8.79. The molecule has 80 valence electrons. The molecule has 0 aliphatic carbocycles. The van der Waals surface area contributed by atoms with Crippen molar-refractivity contribution in [2.75, 3.05) is 11.9 Å². The summed E-state index contributed by atoms with van der Waals surface area (Å²) in [6, 6.07) is 4.75. The molecule has 0 aliphatic heterocycles. The van der Waals surface area contributed by atoms with E-state index in [-0.39, 0.29) is 5.56 Å². The van der Waals surface area contributed by atoms with Crippen LogP contribution < -0.4 is 5.32 Å². The average molecular weight is 206 g/mol. The number of nitrogens with one attached hydrogen (secondary N) is 2. The van der Waals surface area contributed by atoms with Crippen LogP contribution in [-0.2, 0) is 0 Å². The van der Waals surface area contributed by atoms with Crippen molar-refractivity contribution in [1.29, 1.82) is 5.41 Å². The van der Waals surface area contributed by atoms with Crippen LogP contribution in [0.1, 0.15) is 29.8 Å². The predicted octanol–water partition coefficient (Wildman–Crippen LogP) is 2.20. The summed E-state index contributed by atoms with van der Waals surface area (Å²) in [4.78, 5) is 10.8. The third kappa shape index (κ3) is 2.56. The van der Waals surface area contributed by atoms with Gasteiger partial charge in [0, 0.05) is 23.5 Å². The van der Waals surface area contributed by atoms with E-state index < -0.39 is 5.97 Å². The molecule has 1 rings (SSSR count). The lowest BCUT2D eigenvalue weighted by Crippen LogP contribution is -2.06. The Hall–Kier alpha value is -1.84. The van der Waals surface area contributed by atoms with Crippen LogP contribution in [0.4, 0.5) is 5.69 Å². The zero-order chi connectivity index (χ0) is 11.4. The molecule has 4 nitrogen and oxygen atoms in total. The van der Waals surface area contributed by atoms with Gasteiger partial charge in [-0.2, -0.15) is 0 Å². The molecular weight excluding hydrogens is 192 g/mol. The van der Waals surface area contributed by atoms with Gasteiger partial charge in [-0.25, -0.2) is 4.79 Å². The van der Waals surface area contributed by atoms with Crippen LogP contribution in [-0.4, -0.2) is 23.3 Å². The molecule has 3 N–H and O–H groups in total. The Morgan fingerprint density at radius 2 is 2.20 bits per heavy atom. The van der Waals surface area contributed by atoms with Gasteiger partial charge in [-0.3, -0.25) is 0 Å². The fourth-order valence-corrected chi connectivity index (χ4v) is 1.33. The van der Waals surface area contributed by atoms with Crippen molar-refractivity contribution in [3.63, 3.8) is 0 Å². The Bertz CT molecular complexity index is 400. The highest BCUT2D eigenvalue weighted by atomic mass is 16.4. The normalized spacial score (nSPS) is 9.73. The summed E-state index contributed by atoms with van der Waals surface area (Å²) in [5, 5.41) is 19.5. The summed E-state index contributed by atoms with van der Waals surface area (Å²) in [6.07, 6.45) is 0. The standard InChI is InChI=1S/C11H14N2O2/c1-3-13-10-5-4-8(11(14)15)6-9(10)7(2)12/h4-6,12-13H,3H2,1-2H3,(H,14,15). The van der Waals surface area contributed by atoms with E-state index in [9.17, 15) is 4.79 Å². The average Bonchev–Trinajstić information content (AvgIpc) is 2.18. The Balaban J connectivity index is 3.20. The van der Waals surface area contributed by atoms with Gasteiger partial charge in [-0.05, 0) is 32.0 Å². The molecule has 15 heavy (non-hydrogen) atoms. The summed E-state index contributed by atoms with van der Waals surface area (Å²) in [5.74, 6) is -0.972. The third-order valence-corrected chi connectivity index (χ3v) is 2.04. The van der Waals surface area contributed by atoms with E-state index >= 15 is 0 Å². The molecule has 0 fully saturated rings. The summed E-state index contributed by atoms with van der Waals surface area (Å²) < 4.78 is 0. The van der Waals surface area contributed by atoms with Gasteiger partial charge in [-0.15, -0.1) is 0 Å². The lowest BCUT2D eigenvalue weighted by Gasteiger charge is -2.10. The maximum Gasteiger partial charge on any atom is 0.335 e. The third-order valence-electron chi connectivity index (χ3n) is 2.04. The molecule has 0 aromatic heterocycles. The van der Waals surface area contributed by atoms with E-state index in [0.717, 1.165) is 12.2 Å². The summed E-state index contributed by atoms with van der Waals surface area (Å²) in [5.41, 5.74) is 2.00. The fraction of sp³-hybridized carbons (Fsp3) is 0.273. The van der Waals surface area contributed by atoms with Gasteiger partial charge >= 0.3 is 5.97 Å². The van der Waals surface area contributed by atoms with Crippen molar-refractivity contribution in [2.24, 2.45) is 0 Å². The molecule has 1 aromatic rings. The summed E-state index contributed by atoms with van der Waals surface area (Å²) in [6.45, 7) is 4.34. The predicted molar refractivity (Wildman–Crippen MR) is 60.1 cm³/mol. The number of aromatic carboxylic acids is 1. The van der Waals surface area contributed by atoms with E-state index in [1.165, 1.54) is 12.1 Å². The van der Waals surface area contributed by atoms with Crippen LogP contribution in [0.3, 0.4) is 0 Å². The number of carbonyl (C=O) groups is 1. The number of rotatable bonds is 4. The fourth-order valence-electron chi connectivity index (χ4n) is 1.33. The minimum Gasteiger partial charge on any atom is -0.478 e. The zero-order valence-corrected chi connectivity index (χ0v) is 8.79. The van der Waals surface area contributed by atoms with Gasteiger partial charge in [0.05, 0.1) is 5.56 Å². The van der Waals surface area contributed by atoms with E-state index in [4.69, 9.17) is 10.5 Å². The molecule has 4 heteroatoms. The number of carboxylic acid groups (broad SMARTS) is 1. The minimum atomic E-state index is -0.972. The van der Waals surface area contributed by atoms with Crippen LogP contribution in [0.5, 0.6) is 0 Å². The highest BCUT2D eigenvalue weighted by Crippen LogP contribution is 2.18. The largest absolute Gasteiger partial charge is 0.478 e. The monoisotopic (exact) mass is 206 g/mol. The maximum atomic E-state index is 10.8. The summed E-state index contributed by atoms with van der Waals surface area (Å²) in [7, 11) is 0. The maximum absolute atomic E-state index is 10.8. The molecule has 0 amide bonds. The quantitative estimate of drug-likeness (QED) is 0.661. The number of anilines is 1. The van der Waals surface area contributed by atoms with E-state index in [1.807, 2.05) is 6.92 Å². The Morgan fingerprint density at radius 1 is 1.53 bits per heavy atom. The molecule has 0 unspecified atom stereocenters. The van der Waals surface area contributed by atoms with Crippen molar-refractivity contribution >= 4 is 17.4 Å². The highest BCUT2D eigenvalue weighted by molar-refractivity contribution is 6.03. The van der Waals surface area contributed by atoms with Crippen molar-refractivity contribution in [2.45, 2.75) is 13.8 Å². The molecule has 0 saturated heterocycles. The van der Waals surface area contributed by atoms with E-state index in [2.05, 4.69) is 5.32 Å². The summed E-state index contributed by atoms with van der Waals surface area (Å²) >= 11 is 0. The Kier molecular flexibility index (Phi) is 3.44. The topological polar surface area (TPSA) is 73.2 Å². The lowest BCUT2D eigenvalue weighted by molar-refractivity contribution is 0.0697. The first-order valence-corrected chi connectivity index (χ1v) is 4.73. The number of hydrogen-bond acceptors (Lipinski definition) is 3. The highest BCUT2D eigenvalue weighted by Gasteiger charge is 2.09. The van der Waals surface area contributed by atoms with Crippen molar-refractivity contribution in [1.82, 2.24) is 0 Å². The van der Waals surface area contributed by atoms with Gasteiger partial charge in [0.15, 0.2) is 0 Å². The molecule has 0 bridgehead atoms. The van der Waals surface area contributed by atoms with E-state index in [1.54, 1.807) is 13.0 Å². The Labute approximate surface area is 88.4 Å². The van der Waals surface area contributed by atoms with Crippen LogP contribution in [0, 0.1) is 5.41 Å². The van der Waals surface area contributed by atoms with Crippen LogP contribution in [0.15, 0.2) is 18.2 Å². The second-order valence-electron chi connectivity index (χ2n) is 3.22. The number of hydrogen-bond donors (Lipinski definition) is 3. The van der Waals surface area contributed by atoms with Crippen LogP contribution in [0.25, 0.3) is 0 Å². The van der Waals surface area contributed by atoms with Crippen molar-refractivity contribution in [3.8, 4) is 0 Å². The molecule has 0 spiro atoms. The molecule has 1 aromatic carbocycles. The second kappa shape index (κ2) is 4.59. The van der Waals surface area contributed by atoms with Gasteiger partial charge in [0.25, 0.3) is 0 Å². The van der Waals surface area contributed by atoms with Gasteiger partial charge in [0.1, 0.15) is 0 Å². The van der Waals surface area contributed by atoms with Crippen LogP contribution >= 0.6 is 0 Å². The van der Waals surface area contributed by atoms with Crippen molar-refractivity contribution in [3.05, 3.63) is 29.3 Å². The molecule has 0 atom stereocenters. The molecule has 0 heterocycles. The van der Waals surface area contributed by atoms with Crippen LogP contribution in [0.2, 0.25) is 0 Å². The molecular formula is C11H14N2O2. The van der Waals surface area contributed by atoms with Gasteiger partial charge in [-0.1, -0.05) is 0 Å². The Morgan fingerprint density at radius 3 is 2.67 bits per heavy atom.